The lowest BCUT2D eigenvalue weighted by Crippen LogP contribution is -2.48. The molecule has 0 radical (unpaired) electrons. The predicted molar refractivity (Wildman–Crippen MR) is 115 cm³/mol. The zero-order valence-electron chi connectivity index (χ0n) is 18.2. The highest BCUT2D eigenvalue weighted by Gasteiger charge is 2.37. The number of rotatable bonds is 8. The number of ether oxygens (including phenoxy) is 1. The molecule has 0 saturated heterocycles. The van der Waals surface area contributed by atoms with Crippen molar-refractivity contribution in [1.82, 2.24) is 10.2 Å². The first-order valence-corrected chi connectivity index (χ1v) is 10.7. The number of nitrogens with zero attached hydrogens (tertiary/aromatic N) is 1. The minimum absolute atomic E-state index is 0.0109. The highest BCUT2D eigenvalue weighted by molar-refractivity contribution is 5.96. The Bertz CT molecular complexity index is 858. The van der Waals surface area contributed by atoms with Gasteiger partial charge in [0.1, 0.15) is 0 Å². The number of benzene rings is 1. The Morgan fingerprint density at radius 2 is 2.03 bits per heavy atom. The van der Waals surface area contributed by atoms with E-state index in [9.17, 15) is 14.4 Å². The number of carbonyl (C=O) groups is 3. The maximum absolute atomic E-state index is 13.0. The standard InChI is InChI=1S/C23H31N3O4/c1-5-6-12-26-15(4)19(22(28)30-14(2)3)20(25-23(26)29)17-8-7-9-18(13-17)24-21(27)16-10-11-16/h7-9,13-14,16,20H,5-6,10-12H2,1-4H3,(H,24,27)(H,25,29)/t20-/m0/s1. The van der Waals surface area contributed by atoms with Crippen molar-refractivity contribution in [1.29, 1.82) is 0 Å². The van der Waals surface area contributed by atoms with Gasteiger partial charge in [-0.25, -0.2) is 9.59 Å². The van der Waals surface area contributed by atoms with Crippen LogP contribution >= 0.6 is 0 Å². The van der Waals surface area contributed by atoms with E-state index in [0.29, 0.717) is 23.5 Å². The van der Waals surface area contributed by atoms with Crippen LogP contribution in [0.3, 0.4) is 0 Å². The second kappa shape index (κ2) is 9.32. The number of esters is 1. The number of amides is 3. The third-order valence-corrected chi connectivity index (χ3v) is 5.33. The number of hydrogen-bond donors (Lipinski definition) is 2. The molecule has 2 N–H and O–H groups in total. The molecule has 30 heavy (non-hydrogen) atoms. The molecule has 0 spiro atoms. The quantitative estimate of drug-likeness (QED) is 0.628. The van der Waals surface area contributed by atoms with Crippen LogP contribution in [0.15, 0.2) is 35.5 Å². The first-order chi connectivity index (χ1) is 14.3. The molecule has 1 aliphatic heterocycles. The Morgan fingerprint density at radius 1 is 1.30 bits per heavy atom. The molecule has 0 aromatic heterocycles. The van der Waals surface area contributed by atoms with Crippen LogP contribution in [0, 0.1) is 5.92 Å². The Hall–Kier alpha value is -2.83. The second-order valence-electron chi connectivity index (χ2n) is 8.23. The molecular formula is C23H31N3O4. The summed E-state index contributed by atoms with van der Waals surface area (Å²) in [6.07, 6.45) is 3.35. The van der Waals surface area contributed by atoms with Crippen LogP contribution in [0.25, 0.3) is 0 Å². The smallest absolute Gasteiger partial charge is 0.338 e. The van der Waals surface area contributed by atoms with Crippen LogP contribution in [-0.4, -0.2) is 35.5 Å². The van der Waals surface area contributed by atoms with Crippen molar-refractivity contribution in [3.05, 3.63) is 41.1 Å². The molecule has 3 rings (SSSR count). The van der Waals surface area contributed by atoms with Gasteiger partial charge >= 0.3 is 12.0 Å². The summed E-state index contributed by atoms with van der Waals surface area (Å²) in [4.78, 5) is 39.5. The van der Waals surface area contributed by atoms with E-state index >= 15 is 0 Å². The van der Waals surface area contributed by atoms with Gasteiger partial charge in [0.2, 0.25) is 5.91 Å². The van der Waals surface area contributed by atoms with Crippen LogP contribution in [0.5, 0.6) is 0 Å². The molecule has 3 amide bonds. The molecule has 0 bridgehead atoms. The van der Waals surface area contributed by atoms with Crippen LogP contribution in [0.4, 0.5) is 10.5 Å². The monoisotopic (exact) mass is 413 g/mol. The fourth-order valence-electron chi connectivity index (χ4n) is 3.54. The summed E-state index contributed by atoms with van der Waals surface area (Å²) in [5.74, 6) is -0.341. The summed E-state index contributed by atoms with van der Waals surface area (Å²) in [7, 11) is 0. The fraction of sp³-hybridized carbons (Fsp3) is 0.522. The molecule has 1 aliphatic carbocycles. The van der Waals surface area contributed by atoms with E-state index in [1.165, 1.54) is 0 Å². The third-order valence-electron chi connectivity index (χ3n) is 5.33. The van der Waals surface area contributed by atoms with Gasteiger partial charge in [-0.05, 0) is 57.7 Å². The van der Waals surface area contributed by atoms with Gasteiger partial charge in [-0.1, -0.05) is 25.5 Å². The maximum Gasteiger partial charge on any atom is 0.338 e. The topological polar surface area (TPSA) is 87.7 Å². The Morgan fingerprint density at radius 3 is 2.67 bits per heavy atom. The van der Waals surface area contributed by atoms with Gasteiger partial charge in [0.05, 0.1) is 17.7 Å². The van der Waals surface area contributed by atoms with E-state index < -0.39 is 12.0 Å². The third kappa shape index (κ3) is 5.01. The van der Waals surface area contributed by atoms with Crippen molar-refractivity contribution in [3.63, 3.8) is 0 Å². The van der Waals surface area contributed by atoms with Gasteiger partial charge in [-0.15, -0.1) is 0 Å². The first-order valence-electron chi connectivity index (χ1n) is 10.7. The van der Waals surface area contributed by atoms with Crippen molar-refractivity contribution >= 4 is 23.6 Å². The molecule has 7 nitrogen and oxygen atoms in total. The van der Waals surface area contributed by atoms with Gasteiger partial charge < -0.3 is 15.4 Å². The second-order valence-corrected chi connectivity index (χ2v) is 8.23. The summed E-state index contributed by atoms with van der Waals surface area (Å²) in [6.45, 7) is 7.98. The molecule has 2 aliphatic rings. The molecule has 162 valence electrons. The maximum atomic E-state index is 13.0. The van der Waals surface area contributed by atoms with Crippen molar-refractivity contribution < 1.29 is 19.1 Å². The molecule has 1 fully saturated rings. The highest BCUT2D eigenvalue weighted by Crippen LogP contribution is 2.34. The summed E-state index contributed by atoms with van der Waals surface area (Å²) in [5.41, 5.74) is 2.41. The molecule has 1 atom stereocenters. The lowest BCUT2D eigenvalue weighted by Gasteiger charge is -2.35. The molecule has 1 heterocycles. The number of nitrogens with one attached hydrogen (secondary N) is 2. The largest absolute Gasteiger partial charge is 0.459 e. The number of urea groups is 1. The van der Waals surface area contributed by atoms with Crippen LogP contribution in [0.2, 0.25) is 0 Å². The molecule has 1 aromatic carbocycles. The van der Waals surface area contributed by atoms with Gasteiger partial charge in [-0.3, -0.25) is 9.69 Å². The van der Waals surface area contributed by atoms with E-state index in [1.807, 2.05) is 24.3 Å². The van der Waals surface area contributed by atoms with Crippen molar-refractivity contribution in [3.8, 4) is 0 Å². The average molecular weight is 414 g/mol. The lowest BCUT2D eigenvalue weighted by atomic mass is 9.94. The highest BCUT2D eigenvalue weighted by atomic mass is 16.5. The molecule has 0 unspecified atom stereocenters. The van der Waals surface area contributed by atoms with Gasteiger partial charge in [0.25, 0.3) is 0 Å². The number of anilines is 1. The molecule has 7 heteroatoms. The summed E-state index contributed by atoms with van der Waals surface area (Å²) in [6, 6.07) is 6.40. The molecule has 1 aromatic rings. The van der Waals surface area contributed by atoms with Gasteiger partial charge in [0, 0.05) is 23.8 Å². The van der Waals surface area contributed by atoms with E-state index in [-0.39, 0.29) is 24.0 Å². The minimum atomic E-state index is -0.639. The van der Waals surface area contributed by atoms with Crippen molar-refractivity contribution in [2.45, 2.75) is 65.5 Å². The predicted octanol–water partition coefficient (Wildman–Crippen LogP) is 4.13. The number of allylic oxidation sites excluding steroid dienone is 1. The lowest BCUT2D eigenvalue weighted by molar-refractivity contribution is -0.143. The van der Waals surface area contributed by atoms with Crippen molar-refractivity contribution in [2.24, 2.45) is 5.92 Å². The average Bonchev–Trinajstić information content (AvgIpc) is 3.52. The van der Waals surface area contributed by atoms with Crippen molar-refractivity contribution in [2.75, 3.05) is 11.9 Å². The summed E-state index contributed by atoms with van der Waals surface area (Å²) >= 11 is 0. The normalized spacial score (nSPS) is 19.0. The van der Waals surface area contributed by atoms with E-state index in [4.69, 9.17) is 4.74 Å². The van der Waals surface area contributed by atoms with E-state index in [2.05, 4.69) is 17.6 Å². The van der Waals surface area contributed by atoms with Crippen LogP contribution in [0.1, 0.15) is 65.0 Å². The fourth-order valence-corrected chi connectivity index (χ4v) is 3.54. The Kier molecular flexibility index (Phi) is 6.80. The summed E-state index contributed by atoms with van der Waals surface area (Å²) < 4.78 is 5.49. The van der Waals surface area contributed by atoms with Crippen LogP contribution < -0.4 is 10.6 Å². The van der Waals surface area contributed by atoms with Gasteiger partial charge in [0.15, 0.2) is 0 Å². The van der Waals surface area contributed by atoms with Gasteiger partial charge in [-0.2, -0.15) is 0 Å². The Labute approximate surface area is 177 Å². The first kappa shape index (κ1) is 21.9. The van der Waals surface area contributed by atoms with E-state index in [0.717, 1.165) is 31.2 Å². The molecule has 1 saturated carbocycles. The van der Waals surface area contributed by atoms with Crippen LogP contribution in [-0.2, 0) is 14.3 Å². The number of carbonyl (C=O) groups excluding carboxylic acids is 3. The zero-order valence-corrected chi connectivity index (χ0v) is 18.2. The minimum Gasteiger partial charge on any atom is -0.459 e. The number of hydrogen-bond acceptors (Lipinski definition) is 4. The summed E-state index contributed by atoms with van der Waals surface area (Å²) in [5, 5.41) is 5.88. The SMILES string of the molecule is CCCCN1C(=O)N[C@@H](c2cccc(NC(=O)C3CC3)c2)C(C(=O)OC(C)C)=C1C. The van der Waals surface area contributed by atoms with E-state index in [1.54, 1.807) is 25.7 Å². The zero-order chi connectivity index (χ0) is 21.8. The molecular weight excluding hydrogens is 382 g/mol. The number of unbranched alkanes of at least 4 members (excludes halogenated alkanes) is 1. The Balaban J connectivity index is 1.94.